The number of hydrogen-bond donors (Lipinski definition) is 0. The second kappa shape index (κ2) is 5.92. The molecule has 5 aliphatic rings. The molecule has 3 fully saturated rings. The molecule has 1 aromatic heterocycles. The van der Waals surface area contributed by atoms with E-state index in [1.165, 1.54) is 6.21 Å². The summed E-state index contributed by atoms with van der Waals surface area (Å²) in [5.41, 5.74) is 1.86. The number of carbonyl (C=O) groups is 2. The van der Waals surface area contributed by atoms with Gasteiger partial charge in [0.1, 0.15) is 11.5 Å². The third-order valence-corrected chi connectivity index (χ3v) is 7.43. The smallest absolute Gasteiger partial charge is 0.254 e. The van der Waals surface area contributed by atoms with Crippen LogP contribution in [0, 0.1) is 42.4 Å². The lowest BCUT2D eigenvalue weighted by atomic mass is 9.63. The van der Waals surface area contributed by atoms with Gasteiger partial charge in [-0.2, -0.15) is 10.1 Å². The molecule has 7 rings (SSSR count). The lowest BCUT2D eigenvalue weighted by Crippen LogP contribution is -2.40. The number of hydrazone groups is 1. The number of furan rings is 1. The number of aryl methyl sites for hydroxylation is 1. The van der Waals surface area contributed by atoms with Gasteiger partial charge in [0.25, 0.3) is 11.8 Å². The van der Waals surface area contributed by atoms with Gasteiger partial charge in [-0.05, 0) is 60.8 Å². The van der Waals surface area contributed by atoms with E-state index >= 15 is 0 Å². The maximum atomic E-state index is 12.9. The van der Waals surface area contributed by atoms with E-state index < -0.39 is 0 Å². The van der Waals surface area contributed by atoms with Gasteiger partial charge >= 0.3 is 0 Å². The molecule has 29 heavy (non-hydrogen) atoms. The summed E-state index contributed by atoms with van der Waals surface area (Å²) in [6.07, 6.45) is 6.91. The third-order valence-electron chi connectivity index (χ3n) is 7.02. The van der Waals surface area contributed by atoms with Crippen molar-refractivity contribution in [2.24, 2.45) is 40.6 Å². The molecule has 1 aromatic carbocycles. The van der Waals surface area contributed by atoms with E-state index in [1.54, 1.807) is 6.07 Å². The lowest BCUT2D eigenvalue weighted by Gasteiger charge is -2.37. The number of halogens is 1. The highest BCUT2D eigenvalue weighted by Gasteiger charge is 2.67. The Labute approximate surface area is 173 Å². The van der Waals surface area contributed by atoms with E-state index in [0.717, 1.165) is 22.6 Å². The molecule has 2 bridgehead atoms. The number of imide groups is 1. The van der Waals surface area contributed by atoms with Crippen LogP contribution >= 0.6 is 11.6 Å². The van der Waals surface area contributed by atoms with Crippen LogP contribution in [0.2, 0.25) is 5.02 Å². The van der Waals surface area contributed by atoms with Gasteiger partial charge in [-0.1, -0.05) is 35.9 Å². The highest BCUT2D eigenvalue weighted by atomic mass is 35.5. The highest BCUT2D eigenvalue weighted by molar-refractivity contribution is 6.31. The summed E-state index contributed by atoms with van der Waals surface area (Å²) in [6, 6.07) is 9.32. The van der Waals surface area contributed by atoms with Gasteiger partial charge in [0.15, 0.2) is 0 Å². The molecule has 0 radical (unpaired) electrons. The molecule has 5 nitrogen and oxygen atoms in total. The average molecular weight is 407 g/mol. The van der Waals surface area contributed by atoms with Gasteiger partial charge in [-0.3, -0.25) is 9.59 Å². The van der Waals surface area contributed by atoms with Crippen molar-refractivity contribution in [2.75, 3.05) is 0 Å². The molecule has 2 saturated carbocycles. The minimum Gasteiger partial charge on any atom is -0.455 e. The first-order valence-electron chi connectivity index (χ1n) is 9.99. The molecule has 2 aromatic rings. The van der Waals surface area contributed by atoms with Crippen LogP contribution in [0.4, 0.5) is 0 Å². The number of nitrogens with zero attached hydrogens (tertiary/aromatic N) is 2. The fourth-order valence-corrected chi connectivity index (χ4v) is 5.67. The van der Waals surface area contributed by atoms with E-state index in [2.05, 4.69) is 17.3 Å². The average Bonchev–Trinajstić information content (AvgIpc) is 3.36. The van der Waals surface area contributed by atoms with Crippen molar-refractivity contribution < 1.29 is 14.0 Å². The molecular formula is C23H19ClN2O3. The van der Waals surface area contributed by atoms with E-state index in [1.807, 2.05) is 31.2 Å². The minimum atomic E-state index is -0.236. The zero-order chi connectivity index (χ0) is 19.9. The first kappa shape index (κ1) is 17.2. The molecule has 0 spiro atoms. The summed E-state index contributed by atoms with van der Waals surface area (Å²) in [5, 5.41) is 5.96. The molecule has 6 heteroatoms. The van der Waals surface area contributed by atoms with Crippen molar-refractivity contribution >= 4 is 29.6 Å². The molecule has 0 N–H and O–H groups in total. The first-order chi connectivity index (χ1) is 14.0. The van der Waals surface area contributed by atoms with E-state index in [0.29, 0.717) is 28.4 Å². The van der Waals surface area contributed by atoms with Gasteiger partial charge in [-0.25, -0.2) is 0 Å². The normalized spacial score (nSPS) is 34.2. The van der Waals surface area contributed by atoms with E-state index in [4.69, 9.17) is 16.0 Å². The predicted molar refractivity (Wildman–Crippen MR) is 108 cm³/mol. The summed E-state index contributed by atoms with van der Waals surface area (Å²) in [6.45, 7) is 1.94. The van der Waals surface area contributed by atoms with Crippen molar-refractivity contribution in [3.63, 3.8) is 0 Å². The van der Waals surface area contributed by atoms with Gasteiger partial charge in [-0.15, -0.1) is 0 Å². The molecule has 1 aliphatic heterocycles. The van der Waals surface area contributed by atoms with Crippen molar-refractivity contribution in [1.29, 1.82) is 0 Å². The van der Waals surface area contributed by atoms with Crippen molar-refractivity contribution in [3.8, 4) is 11.3 Å². The fourth-order valence-electron chi connectivity index (χ4n) is 5.49. The van der Waals surface area contributed by atoms with Crippen LogP contribution < -0.4 is 0 Å². The maximum absolute atomic E-state index is 12.9. The quantitative estimate of drug-likeness (QED) is 0.434. The van der Waals surface area contributed by atoms with Crippen molar-refractivity contribution in [3.05, 3.63) is 58.8 Å². The predicted octanol–water partition coefficient (Wildman–Crippen LogP) is 4.30. The number of benzene rings is 1. The SMILES string of the molecule is Cc1ccc(-c2ccc(/C=N\N3C(=O)[C@H]4[C@@H]5C=C[C@@H]([C@H]6C[C@H]56)[C@@H]4C3=O)o2)cc1Cl. The molecule has 4 aliphatic carbocycles. The van der Waals surface area contributed by atoms with Crippen LogP contribution in [-0.4, -0.2) is 23.0 Å². The summed E-state index contributed by atoms with van der Waals surface area (Å²) >= 11 is 6.20. The van der Waals surface area contributed by atoms with E-state index in [9.17, 15) is 9.59 Å². The van der Waals surface area contributed by atoms with Crippen LogP contribution in [0.25, 0.3) is 11.3 Å². The minimum absolute atomic E-state index is 0.168. The Kier molecular flexibility index (Phi) is 3.52. The first-order valence-corrected chi connectivity index (χ1v) is 10.4. The molecule has 6 atom stereocenters. The molecule has 0 unspecified atom stereocenters. The Morgan fingerprint density at radius 1 is 1.07 bits per heavy atom. The van der Waals surface area contributed by atoms with Crippen LogP contribution in [0.5, 0.6) is 0 Å². The lowest BCUT2D eigenvalue weighted by molar-refractivity contribution is -0.140. The highest BCUT2D eigenvalue weighted by Crippen LogP contribution is 2.65. The number of carbonyl (C=O) groups excluding carboxylic acids is 2. The van der Waals surface area contributed by atoms with Crippen LogP contribution in [0.3, 0.4) is 0 Å². The van der Waals surface area contributed by atoms with Gasteiger partial charge in [0.2, 0.25) is 0 Å². The monoisotopic (exact) mass is 406 g/mol. The molecular weight excluding hydrogens is 388 g/mol. The topological polar surface area (TPSA) is 62.9 Å². The number of amides is 2. The Morgan fingerprint density at radius 2 is 1.76 bits per heavy atom. The maximum Gasteiger partial charge on any atom is 0.254 e. The summed E-state index contributed by atoms with van der Waals surface area (Å²) < 4.78 is 5.82. The summed E-state index contributed by atoms with van der Waals surface area (Å²) in [7, 11) is 0. The Balaban J connectivity index is 1.24. The number of allylic oxidation sites excluding steroid dienone is 2. The standard InChI is InChI=1S/C23H19ClN2O3/c1-11-2-3-12(8-18(11)24)19-7-4-13(29-19)10-25-26-22(27)20-14-5-6-15(17-9-16(14)17)21(20)23(26)28/h2-8,10,14-17,20-21H,9H2,1H3/b25-10-/t14-,15+,16-,17-,20+,21+/m1/s1. The van der Waals surface area contributed by atoms with Crippen LogP contribution in [0.15, 0.2) is 52.0 Å². The Bertz CT molecular complexity index is 1080. The Morgan fingerprint density at radius 3 is 2.41 bits per heavy atom. The largest absolute Gasteiger partial charge is 0.455 e. The zero-order valence-electron chi connectivity index (χ0n) is 15.8. The zero-order valence-corrected chi connectivity index (χ0v) is 16.5. The summed E-state index contributed by atoms with van der Waals surface area (Å²) in [5.74, 6) is 1.90. The fraction of sp³-hybridized carbons (Fsp3) is 0.348. The third kappa shape index (κ3) is 2.43. The number of hydrogen-bond acceptors (Lipinski definition) is 4. The molecule has 1 saturated heterocycles. The van der Waals surface area contributed by atoms with E-state index in [-0.39, 0.29) is 35.5 Å². The van der Waals surface area contributed by atoms with Gasteiger partial charge in [0.05, 0.1) is 18.1 Å². The summed E-state index contributed by atoms with van der Waals surface area (Å²) in [4.78, 5) is 25.9. The Hall–Kier alpha value is -2.66. The van der Waals surface area contributed by atoms with Crippen molar-refractivity contribution in [1.82, 2.24) is 5.01 Å². The molecule has 2 heterocycles. The van der Waals surface area contributed by atoms with Crippen LogP contribution in [-0.2, 0) is 9.59 Å². The van der Waals surface area contributed by atoms with Crippen molar-refractivity contribution in [2.45, 2.75) is 13.3 Å². The van der Waals surface area contributed by atoms with Gasteiger partial charge in [0, 0.05) is 10.6 Å². The second-order valence-corrected chi connectivity index (χ2v) is 8.96. The molecule has 2 amide bonds. The second-order valence-electron chi connectivity index (χ2n) is 8.55. The van der Waals surface area contributed by atoms with Gasteiger partial charge < -0.3 is 4.42 Å². The van der Waals surface area contributed by atoms with Crippen LogP contribution in [0.1, 0.15) is 17.7 Å². The molecule has 146 valence electrons. The number of rotatable bonds is 3.